The van der Waals surface area contributed by atoms with Crippen molar-refractivity contribution in [2.45, 2.75) is 12.8 Å². The summed E-state index contributed by atoms with van der Waals surface area (Å²) in [6.07, 6.45) is -2.79. The van der Waals surface area contributed by atoms with Gasteiger partial charge in [-0.3, -0.25) is 0 Å². The number of benzene rings is 2. The van der Waals surface area contributed by atoms with E-state index in [1.807, 2.05) is 0 Å². The SMILES string of the molecule is FC(F)(F)Oc1ccc(OCCCOc2c(Cl)cc(OCC=C(Cl)Cl)cc2Cl)cc1. The fourth-order valence-corrected chi connectivity index (χ4v) is 2.82. The van der Waals surface area contributed by atoms with Gasteiger partial charge in [-0.2, -0.15) is 0 Å². The lowest BCUT2D eigenvalue weighted by Crippen LogP contribution is -2.17. The fraction of sp³-hybridized carbons (Fsp3) is 0.263. The van der Waals surface area contributed by atoms with Crippen LogP contribution in [0.15, 0.2) is 47.0 Å². The summed E-state index contributed by atoms with van der Waals surface area (Å²) in [6.45, 7) is 0.663. The minimum atomic E-state index is -4.73. The van der Waals surface area contributed by atoms with E-state index >= 15 is 0 Å². The van der Waals surface area contributed by atoms with Crippen LogP contribution in [-0.4, -0.2) is 26.2 Å². The molecule has 0 atom stereocenters. The Kier molecular flexibility index (Phi) is 9.55. The van der Waals surface area contributed by atoms with Gasteiger partial charge in [0.1, 0.15) is 28.3 Å². The number of halogens is 7. The van der Waals surface area contributed by atoms with E-state index in [2.05, 4.69) is 4.74 Å². The molecule has 0 aliphatic rings. The van der Waals surface area contributed by atoms with Crippen LogP contribution >= 0.6 is 46.4 Å². The van der Waals surface area contributed by atoms with Crippen LogP contribution in [0.1, 0.15) is 6.42 Å². The summed E-state index contributed by atoms with van der Waals surface area (Å²) in [5, 5.41) is 0.527. The van der Waals surface area contributed by atoms with Crippen LogP contribution in [0.3, 0.4) is 0 Å². The van der Waals surface area contributed by atoms with Gasteiger partial charge in [-0.05, 0) is 30.3 Å². The Labute approximate surface area is 191 Å². The minimum Gasteiger partial charge on any atom is -0.493 e. The van der Waals surface area contributed by atoms with E-state index in [1.165, 1.54) is 30.3 Å². The van der Waals surface area contributed by atoms with E-state index in [1.54, 1.807) is 12.1 Å². The van der Waals surface area contributed by atoms with Gasteiger partial charge in [0, 0.05) is 18.6 Å². The Hall–Kier alpha value is -1.67. The largest absolute Gasteiger partial charge is 0.573 e. The molecule has 0 N–H and O–H groups in total. The van der Waals surface area contributed by atoms with Crippen LogP contribution in [0.4, 0.5) is 13.2 Å². The standard InChI is InChI=1S/C19H15Cl4F3O4/c20-15-10-14(28-9-6-17(22)23)11-16(21)18(15)29-8-1-7-27-12-2-4-13(5-3-12)30-19(24,25)26/h2-6,10-11H,1,7-9H2. The van der Waals surface area contributed by atoms with Crippen molar-refractivity contribution in [2.24, 2.45) is 0 Å². The molecule has 2 aromatic rings. The number of hydrogen-bond donors (Lipinski definition) is 0. The Morgan fingerprint density at radius 1 is 0.833 bits per heavy atom. The van der Waals surface area contributed by atoms with Crippen molar-refractivity contribution in [3.8, 4) is 23.0 Å². The van der Waals surface area contributed by atoms with Crippen molar-refractivity contribution in [2.75, 3.05) is 19.8 Å². The van der Waals surface area contributed by atoms with Crippen LogP contribution in [0.25, 0.3) is 0 Å². The summed E-state index contributed by atoms with van der Waals surface area (Å²) < 4.78 is 56.7. The van der Waals surface area contributed by atoms with Gasteiger partial charge in [-0.25, -0.2) is 0 Å². The predicted octanol–water partition coefficient (Wildman–Crippen LogP) is 7.44. The number of alkyl halides is 3. The third kappa shape index (κ3) is 9.00. The van der Waals surface area contributed by atoms with Crippen molar-refractivity contribution < 1.29 is 32.1 Å². The number of rotatable bonds is 10. The molecule has 2 rings (SSSR count). The molecule has 0 radical (unpaired) electrons. The van der Waals surface area contributed by atoms with Crippen molar-refractivity contribution in [3.05, 3.63) is 57.0 Å². The topological polar surface area (TPSA) is 36.9 Å². The maximum Gasteiger partial charge on any atom is 0.573 e. The molecule has 164 valence electrons. The molecule has 0 aliphatic carbocycles. The van der Waals surface area contributed by atoms with E-state index in [-0.39, 0.29) is 40.1 Å². The molecule has 30 heavy (non-hydrogen) atoms. The normalized spacial score (nSPS) is 11.0. The van der Waals surface area contributed by atoms with Gasteiger partial charge in [0.2, 0.25) is 0 Å². The summed E-state index contributed by atoms with van der Waals surface area (Å²) in [7, 11) is 0. The molecule has 0 unspecified atom stereocenters. The van der Waals surface area contributed by atoms with Gasteiger partial charge in [0.15, 0.2) is 5.75 Å². The molecule has 4 nitrogen and oxygen atoms in total. The summed E-state index contributed by atoms with van der Waals surface area (Å²) in [5.41, 5.74) is 0. The summed E-state index contributed by atoms with van der Waals surface area (Å²) in [6, 6.07) is 8.17. The molecule has 0 fully saturated rings. The molecule has 11 heteroatoms. The van der Waals surface area contributed by atoms with Crippen molar-refractivity contribution >= 4 is 46.4 Å². The zero-order valence-corrected chi connectivity index (χ0v) is 18.2. The third-order valence-corrected chi connectivity index (χ3v) is 4.19. The zero-order valence-electron chi connectivity index (χ0n) is 15.1. The maximum absolute atomic E-state index is 12.1. The van der Waals surface area contributed by atoms with Crippen molar-refractivity contribution in [1.82, 2.24) is 0 Å². The third-order valence-electron chi connectivity index (χ3n) is 3.32. The van der Waals surface area contributed by atoms with Crippen LogP contribution in [-0.2, 0) is 0 Å². The average Bonchev–Trinajstić information content (AvgIpc) is 2.63. The molecule has 0 bridgehead atoms. The van der Waals surface area contributed by atoms with Crippen molar-refractivity contribution in [1.29, 1.82) is 0 Å². The zero-order chi connectivity index (χ0) is 22.1. The first-order valence-corrected chi connectivity index (χ1v) is 9.89. The number of ether oxygens (including phenoxy) is 4. The summed E-state index contributed by atoms with van der Waals surface area (Å²) in [4.78, 5) is 0. The lowest BCUT2D eigenvalue weighted by molar-refractivity contribution is -0.274. The molecule has 2 aromatic carbocycles. The molecule has 0 spiro atoms. The first kappa shape index (κ1) is 24.6. The van der Waals surface area contributed by atoms with E-state index in [9.17, 15) is 13.2 Å². The minimum absolute atomic E-state index is 0.0833. The smallest absolute Gasteiger partial charge is 0.493 e. The lowest BCUT2D eigenvalue weighted by Gasteiger charge is -2.13. The summed E-state index contributed by atoms with van der Waals surface area (Å²) >= 11 is 23.3. The lowest BCUT2D eigenvalue weighted by atomic mass is 10.3. The molecule has 0 saturated carbocycles. The Bertz CT molecular complexity index is 831. The highest BCUT2D eigenvalue weighted by molar-refractivity contribution is 6.55. The van der Waals surface area contributed by atoms with Gasteiger partial charge >= 0.3 is 6.36 Å². The molecule has 0 amide bonds. The Morgan fingerprint density at radius 2 is 1.40 bits per heavy atom. The Balaban J connectivity index is 1.77. The van der Waals surface area contributed by atoms with E-state index in [0.29, 0.717) is 23.7 Å². The summed E-state index contributed by atoms with van der Waals surface area (Å²) in [5.74, 6) is 0.791. The first-order chi connectivity index (χ1) is 14.1. The fourth-order valence-electron chi connectivity index (χ4n) is 2.12. The van der Waals surface area contributed by atoms with Gasteiger partial charge < -0.3 is 18.9 Å². The second kappa shape index (κ2) is 11.6. The van der Waals surface area contributed by atoms with Gasteiger partial charge in [0.05, 0.1) is 23.3 Å². The van der Waals surface area contributed by atoms with Crippen LogP contribution < -0.4 is 18.9 Å². The average molecular weight is 506 g/mol. The predicted molar refractivity (Wildman–Crippen MR) is 110 cm³/mol. The van der Waals surface area contributed by atoms with Crippen LogP contribution in [0.2, 0.25) is 10.0 Å². The van der Waals surface area contributed by atoms with Gasteiger partial charge in [-0.15, -0.1) is 13.2 Å². The molecule has 0 aliphatic heterocycles. The Morgan fingerprint density at radius 3 is 1.97 bits per heavy atom. The molecule has 0 saturated heterocycles. The molecule has 0 heterocycles. The highest BCUT2D eigenvalue weighted by Crippen LogP contribution is 2.37. The monoisotopic (exact) mass is 504 g/mol. The van der Waals surface area contributed by atoms with Crippen LogP contribution in [0.5, 0.6) is 23.0 Å². The quantitative estimate of drug-likeness (QED) is 0.314. The van der Waals surface area contributed by atoms with Crippen molar-refractivity contribution in [3.63, 3.8) is 0 Å². The van der Waals surface area contributed by atoms with Gasteiger partial charge in [0.25, 0.3) is 0 Å². The van der Waals surface area contributed by atoms with E-state index < -0.39 is 6.36 Å². The van der Waals surface area contributed by atoms with Crippen LogP contribution in [0, 0.1) is 0 Å². The highest BCUT2D eigenvalue weighted by Gasteiger charge is 2.30. The second-order valence-electron chi connectivity index (χ2n) is 5.59. The first-order valence-electron chi connectivity index (χ1n) is 8.38. The number of hydrogen-bond acceptors (Lipinski definition) is 4. The van der Waals surface area contributed by atoms with E-state index in [4.69, 9.17) is 60.6 Å². The second-order valence-corrected chi connectivity index (χ2v) is 7.41. The molecule has 0 aromatic heterocycles. The van der Waals surface area contributed by atoms with E-state index in [0.717, 1.165) is 0 Å². The molecular formula is C19H15Cl4F3O4. The molecular weight excluding hydrogens is 491 g/mol. The highest BCUT2D eigenvalue weighted by atomic mass is 35.5. The maximum atomic E-state index is 12.1. The van der Waals surface area contributed by atoms with Gasteiger partial charge in [-0.1, -0.05) is 46.4 Å².